The maximum atomic E-state index is 12.8. The summed E-state index contributed by atoms with van der Waals surface area (Å²) in [4.78, 5) is 14.8. The fourth-order valence-corrected chi connectivity index (χ4v) is 3.54. The highest BCUT2D eigenvalue weighted by molar-refractivity contribution is 5.75. The van der Waals surface area contributed by atoms with Crippen LogP contribution in [0.5, 0.6) is 0 Å². The summed E-state index contributed by atoms with van der Waals surface area (Å²) in [5, 5.41) is 7.41. The Bertz CT molecular complexity index is 706. The van der Waals surface area contributed by atoms with Crippen molar-refractivity contribution in [2.24, 2.45) is 7.05 Å². The third-order valence-corrected chi connectivity index (χ3v) is 4.95. The molecule has 136 valence electrons. The van der Waals surface area contributed by atoms with E-state index < -0.39 is 0 Å². The van der Waals surface area contributed by atoms with Gasteiger partial charge in [-0.1, -0.05) is 0 Å². The molecule has 2 aromatic rings. The summed E-state index contributed by atoms with van der Waals surface area (Å²) in [5.74, 6) is 1.91. The molecule has 2 aromatic heterocycles. The minimum atomic E-state index is 0.0222. The Morgan fingerprint density at radius 1 is 1.40 bits per heavy atom. The largest absolute Gasteiger partial charge is 0.466 e. The fourth-order valence-electron chi connectivity index (χ4n) is 3.54. The van der Waals surface area contributed by atoms with Crippen molar-refractivity contribution in [2.45, 2.75) is 58.0 Å². The van der Waals surface area contributed by atoms with E-state index in [9.17, 15) is 4.79 Å². The summed E-state index contributed by atoms with van der Waals surface area (Å²) in [6.45, 7) is 4.80. The van der Waals surface area contributed by atoms with Crippen molar-refractivity contribution in [3.8, 4) is 0 Å². The van der Waals surface area contributed by atoms with Gasteiger partial charge in [0.15, 0.2) is 0 Å². The first kappa shape index (κ1) is 17.6. The average Bonchev–Trinajstić information content (AvgIpc) is 3.21. The molecule has 2 amide bonds. The summed E-state index contributed by atoms with van der Waals surface area (Å²) in [7, 11) is 1.94. The van der Waals surface area contributed by atoms with Crippen LogP contribution < -0.4 is 5.32 Å². The number of amides is 2. The number of hydrogen-bond acceptors (Lipinski definition) is 3. The molecule has 0 unspecified atom stereocenters. The lowest BCUT2D eigenvalue weighted by atomic mass is 9.99. The van der Waals surface area contributed by atoms with Crippen molar-refractivity contribution in [3.63, 3.8) is 0 Å². The van der Waals surface area contributed by atoms with Gasteiger partial charge in [0.2, 0.25) is 0 Å². The monoisotopic (exact) mass is 344 g/mol. The molecule has 2 atom stereocenters. The first-order valence-electron chi connectivity index (χ1n) is 9.15. The molecule has 0 aliphatic carbocycles. The lowest BCUT2D eigenvalue weighted by Crippen LogP contribution is -2.47. The van der Waals surface area contributed by atoms with Crippen molar-refractivity contribution in [1.82, 2.24) is 20.0 Å². The Balaban J connectivity index is 1.57. The minimum absolute atomic E-state index is 0.0222. The Morgan fingerprint density at radius 2 is 2.24 bits per heavy atom. The van der Waals surface area contributed by atoms with Gasteiger partial charge in [0.1, 0.15) is 11.5 Å². The summed E-state index contributed by atoms with van der Waals surface area (Å²) in [5.41, 5.74) is 1.11. The van der Waals surface area contributed by atoms with E-state index in [1.165, 1.54) is 0 Å². The number of aromatic nitrogens is 2. The average molecular weight is 344 g/mol. The summed E-state index contributed by atoms with van der Waals surface area (Å²) in [6, 6.07) is 6.23. The number of furan rings is 1. The van der Waals surface area contributed by atoms with Crippen molar-refractivity contribution in [2.75, 3.05) is 6.54 Å². The molecule has 1 aliphatic heterocycles. The van der Waals surface area contributed by atoms with Gasteiger partial charge in [0.25, 0.3) is 0 Å². The number of nitrogens with one attached hydrogen (secondary N) is 1. The quantitative estimate of drug-likeness (QED) is 0.902. The number of carbonyl (C=O) groups is 1. The first-order chi connectivity index (χ1) is 12.0. The summed E-state index contributed by atoms with van der Waals surface area (Å²) in [6.07, 6.45) is 6.69. The van der Waals surface area contributed by atoms with E-state index in [0.29, 0.717) is 0 Å². The molecular weight excluding hydrogens is 316 g/mol. The lowest BCUT2D eigenvalue weighted by Gasteiger charge is -2.36. The molecule has 1 saturated heterocycles. The molecule has 3 heterocycles. The number of piperidine rings is 1. The first-order valence-corrected chi connectivity index (χ1v) is 9.15. The van der Waals surface area contributed by atoms with Crippen LogP contribution in [0.2, 0.25) is 0 Å². The van der Waals surface area contributed by atoms with E-state index in [1.54, 1.807) is 6.20 Å². The highest BCUT2D eigenvalue weighted by Gasteiger charge is 2.30. The molecule has 1 aliphatic rings. The number of aryl methyl sites for hydroxylation is 3. The predicted molar refractivity (Wildman–Crippen MR) is 96.3 cm³/mol. The number of rotatable bonds is 5. The van der Waals surface area contributed by atoms with Gasteiger partial charge in [-0.25, -0.2) is 4.79 Å². The SMILES string of the molecule is Cc1ccc(CC[C@@H](C)NC(=O)N2CCCC[C@@H]2c2ccnn2C)o1. The van der Waals surface area contributed by atoms with Crippen molar-refractivity contribution >= 4 is 6.03 Å². The molecule has 0 spiro atoms. The van der Waals surface area contributed by atoms with Crippen LogP contribution in [-0.2, 0) is 13.5 Å². The van der Waals surface area contributed by atoms with Gasteiger partial charge in [-0.05, 0) is 57.7 Å². The van der Waals surface area contributed by atoms with E-state index >= 15 is 0 Å². The van der Waals surface area contributed by atoms with Gasteiger partial charge in [0, 0.05) is 32.3 Å². The third kappa shape index (κ3) is 4.24. The number of urea groups is 1. The molecular formula is C19H28N4O2. The molecule has 25 heavy (non-hydrogen) atoms. The maximum absolute atomic E-state index is 12.8. The Morgan fingerprint density at radius 3 is 2.92 bits per heavy atom. The number of likely N-dealkylation sites (tertiary alicyclic amines) is 1. The maximum Gasteiger partial charge on any atom is 0.318 e. The number of carbonyl (C=O) groups excluding carboxylic acids is 1. The van der Waals surface area contributed by atoms with Crippen LogP contribution >= 0.6 is 0 Å². The topological polar surface area (TPSA) is 63.3 Å². The van der Waals surface area contributed by atoms with Gasteiger partial charge < -0.3 is 14.6 Å². The zero-order valence-electron chi connectivity index (χ0n) is 15.4. The zero-order chi connectivity index (χ0) is 17.8. The van der Waals surface area contributed by atoms with Crippen LogP contribution in [0.15, 0.2) is 28.8 Å². The molecule has 3 rings (SSSR count). The van der Waals surface area contributed by atoms with Gasteiger partial charge in [-0.15, -0.1) is 0 Å². The molecule has 1 fully saturated rings. The second-order valence-electron chi connectivity index (χ2n) is 6.99. The van der Waals surface area contributed by atoms with Gasteiger partial charge in [-0.3, -0.25) is 4.68 Å². The highest BCUT2D eigenvalue weighted by atomic mass is 16.3. The van der Waals surface area contributed by atoms with Gasteiger partial charge in [-0.2, -0.15) is 5.10 Å². The molecule has 6 nitrogen and oxygen atoms in total. The Kier molecular flexibility index (Phi) is 5.46. The predicted octanol–water partition coefficient (Wildman–Crippen LogP) is 3.58. The van der Waals surface area contributed by atoms with E-state index in [0.717, 1.165) is 55.9 Å². The van der Waals surface area contributed by atoms with Crippen LogP contribution in [0.3, 0.4) is 0 Å². The van der Waals surface area contributed by atoms with Crippen LogP contribution in [0.1, 0.15) is 55.9 Å². The molecule has 0 aromatic carbocycles. The number of hydrogen-bond donors (Lipinski definition) is 1. The van der Waals surface area contributed by atoms with Gasteiger partial charge >= 0.3 is 6.03 Å². The van der Waals surface area contributed by atoms with Crippen LogP contribution in [0, 0.1) is 6.92 Å². The smallest absolute Gasteiger partial charge is 0.318 e. The molecule has 0 bridgehead atoms. The minimum Gasteiger partial charge on any atom is -0.466 e. The van der Waals surface area contributed by atoms with Gasteiger partial charge in [0.05, 0.1) is 11.7 Å². The third-order valence-electron chi connectivity index (χ3n) is 4.95. The van der Waals surface area contributed by atoms with Crippen molar-refractivity contribution in [1.29, 1.82) is 0 Å². The highest BCUT2D eigenvalue weighted by Crippen LogP contribution is 2.30. The summed E-state index contributed by atoms with van der Waals surface area (Å²) >= 11 is 0. The van der Waals surface area contributed by atoms with E-state index in [2.05, 4.69) is 17.3 Å². The van der Waals surface area contributed by atoms with Crippen molar-refractivity contribution in [3.05, 3.63) is 41.6 Å². The van der Waals surface area contributed by atoms with E-state index in [-0.39, 0.29) is 18.1 Å². The number of nitrogens with zero attached hydrogens (tertiary/aromatic N) is 3. The lowest BCUT2D eigenvalue weighted by molar-refractivity contribution is 0.144. The van der Waals surface area contributed by atoms with E-state index in [4.69, 9.17) is 4.42 Å². The van der Waals surface area contributed by atoms with Crippen LogP contribution in [0.25, 0.3) is 0 Å². The normalized spacial score (nSPS) is 19.0. The zero-order valence-corrected chi connectivity index (χ0v) is 15.4. The second-order valence-corrected chi connectivity index (χ2v) is 6.99. The second kappa shape index (κ2) is 7.76. The van der Waals surface area contributed by atoms with Crippen molar-refractivity contribution < 1.29 is 9.21 Å². The molecule has 6 heteroatoms. The molecule has 1 N–H and O–H groups in total. The van der Waals surface area contributed by atoms with Crippen LogP contribution in [-0.4, -0.2) is 33.3 Å². The molecule has 0 radical (unpaired) electrons. The Hall–Kier alpha value is -2.24. The van der Waals surface area contributed by atoms with Crippen LogP contribution in [0.4, 0.5) is 4.79 Å². The Labute approximate surface area is 149 Å². The fraction of sp³-hybridized carbons (Fsp3) is 0.579. The standard InChI is InChI=1S/C19H28N4O2/c1-14(7-9-16-10-8-15(2)25-16)21-19(24)23-13-5-4-6-18(23)17-11-12-20-22(17)3/h8,10-12,14,18H,4-7,9,13H2,1-3H3,(H,21,24)/t14-,18-/m1/s1. The summed E-state index contributed by atoms with van der Waals surface area (Å²) < 4.78 is 7.48. The molecule has 0 saturated carbocycles. The van der Waals surface area contributed by atoms with E-state index in [1.807, 2.05) is 41.8 Å².